The van der Waals surface area contributed by atoms with Crippen molar-refractivity contribution in [3.63, 3.8) is 0 Å². The largest absolute Gasteiger partial charge is 0.480 e. The molecule has 33 heavy (non-hydrogen) atoms. The van der Waals surface area contributed by atoms with E-state index in [0.29, 0.717) is 6.42 Å². The van der Waals surface area contributed by atoms with Crippen molar-refractivity contribution in [3.8, 4) is 0 Å². The van der Waals surface area contributed by atoms with E-state index in [9.17, 15) is 19.5 Å². The van der Waals surface area contributed by atoms with Crippen molar-refractivity contribution in [2.75, 3.05) is 5.75 Å². The Bertz CT molecular complexity index is 715. The Balaban J connectivity index is 4.78. The molecule has 0 radical (unpaired) electrons. The molecule has 6 nitrogen and oxygen atoms in total. The van der Waals surface area contributed by atoms with Crippen LogP contribution in [0.25, 0.3) is 0 Å². The molecule has 0 aliphatic carbocycles. The maximum atomic E-state index is 12.7. The summed E-state index contributed by atoms with van der Waals surface area (Å²) in [6.45, 7) is 13.5. The number of amides is 2. The fourth-order valence-corrected chi connectivity index (χ4v) is 4.31. The third-order valence-electron chi connectivity index (χ3n) is 5.49. The number of allylic oxidation sites excluding steroid dienone is 5. The number of carboxylic acid groups (broad SMARTS) is 1. The van der Waals surface area contributed by atoms with E-state index < -0.39 is 24.0 Å². The number of nitrogens with one attached hydrogen (secondary N) is 2. The van der Waals surface area contributed by atoms with Gasteiger partial charge in [0.05, 0.1) is 0 Å². The lowest BCUT2D eigenvalue weighted by Gasteiger charge is -2.25. The molecule has 0 heterocycles. The van der Waals surface area contributed by atoms with Crippen molar-refractivity contribution < 1.29 is 19.5 Å². The molecular weight excluding hydrogens is 436 g/mol. The van der Waals surface area contributed by atoms with E-state index in [2.05, 4.69) is 48.8 Å². The van der Waals surface area contributed by atoms with E-state index in [-0.39, 0.29) is 22.8 Å². The van der Waals surface area contributed by atoms with Gasteiger partial charge in [0.25, 0.3) is 0 Å². The molecule has 0 aromatic carbocycles. The van der Waals surface area contributed by atoms with Gasteiger partial charge in [0.15, 0.2) is 0 Å². The zero-order chi connectivity index (χ0) is 25.4. The molecule has 0 saturated heterocycles. The second kappa shape index (κ2) is 17.5. The van der Waals surface area contributed by atoms with Crippen LogP contribution in [0, 0.1) is 5.92 Å². The third-order valence-corrected chi connectivity index (χ3v) is 6.67. The standard InChI is InChI=1S/C26H44N2O4S/c1-8-10-11-13-18(3)14-12-15-19(4)16-21(6)33-17-23(26(31)32)28-25(30)24(20(5)9-2)27-22(7)29/h8,10,14,16,20-21,23-24H,9,11-13,15,17H2,1-7H3,(H,27,29)(H,28,30)(H,31,32)/b10-8?,18-14+,19-16+/t20-,21?,23-,24-/m0/s1. The average Bonchev–Trinajstić information content (AvgIpc) is 2.73. The lowest BCUT2D eigenvalue weighted by Crippen LogP contribution is -2.54. The number of aliphatic carboxylic acids is 1. The number of hydrogen-bond acceptors (Lipinski definition) is 4. The van der Waals surface area contributed by atoms with Crippen LogP contribution in [0.5, 0.6) is 0 Å². The molecule has 0 bridgehead atoms. The summed E-state index contributed by atoms with van der Waals surface area (Å²) in [6.07, 6.45) is 13.5. The zero-order valence-electron chi connectivity index (χ0n) is 21.4. The Morgan fingerprint density at radius 3 is 2.18 bits per heavy atom. The first-order valence-corrected chi connectivity index (χ1v) is 12.9. The molecule has 0 rings (SSSR count). The van der Waals surface area contributed by atoms with Crippen LogP contribution in [0.1, 0.15) is 80.6 Å². The van der Waals surface area contributed by atoms with E-state index in [1.165, 1.54) is 29.8 Å². The van der Waals surface area contributed by atoms with Gasteiger partial charge in [0.1, 0.15) is 12.1 Å². The number of rotatable bonds is 16. The van der Waals surface area contributed by atoms with E-state index in [4.69, 9.17) is 0 Å². The highest BCUT2D eigenvalue weighted by Crippen LogP contribution is 2.18. The Morgan fingerprint density at radius 1 is 1.00 bits per heavy atom. The predicted molar refractivity (Wildman–Crippen MR) is 139 cm³/mol. The topological polar surface area (TPSA) is 95.5 Å². The zero-order valence-corrected chi connectivity index (χ0v) is 22.3. The van der Waals surface area contributed by atoms with Crippen molar-refractivity contribution in [3.05, 3.63) is 35.5 Å². The molecule has 0 aromatic heterocycles. The normalized spacial score (nSPS) is 16.2. The van der Waals surface area contributed by atoms with Crippen LogP contribution < -0.4 is 10.6 Å². The van der Waals surface area contributed by atoms with Gasteiger partial charge >= 0.3 is 5.97 Å². The van der Waals surface area contributed by atoms with Crippen LogP contribution in [0.4, 0.5) is 0 Å². The molecule has 0 aliphatic heterocycles. The number of thioether (sulfide) groups is 1. The molecule has 0 fully saturated rings. The summed E-state index contributed by atoms with van der Waals surface area (Å²) in [5, 5.41) is 15.0. The van der Waals surface area contributed by atoms with Crippen LogP contribution in [-0.4, -0.2) is 46.0 Å². The van der Waals surface area contributed by atoms with Gasteiger partial charge in [-0.3, -0.25) is 9.59 Å². The summed E-state index contributed by atoms with van der Waals surface area (Å²) >= 11 is 1.49. The summed E-state index contributed by atoms with van der Waals surface area (Å²) in [6, 6.07) is -1.75. The molecule has 4 atom stereocenters. The lowest BCUT2D eigenvalue weighted by atomic mass is 9.98. The fourth-order valence-electron chi connectivity index (χ4n) is 3.26. The second-order valence-corrected chi connectivity index (χ2v) is 10.1. The van der Waals surface area contributed by atoms with Crippen LogP contribution in [0.3, 0.4) is 0 Å². The molecule has 2 amide bonds. The quantitative estimate of drug-likeness (QED) is 0.262. The molecule has 7 heteroatoms. The van der Waals surface area contributed by atoms with Gasteiger partial charge in [-0.15, -0.1) is 0 Å². The number of carbonyl (C=O) groups excluding carboxylic acids is 2. The highest BCUT2D eigenvalue weighted by atomic mass is 32.2. The Kier molecular flexibility index (Phi) is 16.4. The fraction of sp³-hybridized carbons (Fsp3) is 0.654. The Hall–Kier alpha value is -2.02. The molecule has 0 saturated carbocycles. The van der Waals surface area contributed by atoms with Crippen LogP contribution in [0.15, 0.2) is 35.5 Å². The van der Waals surface area contributed by atoms with Crippen LogP contribution in [0.2, 0.25) is 0 Å². The molecule has 0 aliphatic rings. The van der Waals surface area contributed by atoms with Crippen molar-refractivity contribution in [1.82, 2.24) is 10.6 Å². The van der Waals surface area contributed by atoms with Crippen molar-refractivity contribution in [1.29, 1.82) is 0 Å². The van der Waals surface area contributed by atoms with Gasteiger partial charge in [-0.25, -0.2) is 4.79 Å². The van der Waals surface area contributed by atoms with Crippen molar-refractivity contribution >= 4 is 29.5 Å². The third kappa shape index (κ3) is 14.7. The first kappa shape index (κ1) is 31.0. The molecular formula is C26H44N2O4S. The van der Waals surface area contributed by atoms with Gasteiger partial charge in [-0.05, 0) is 59.3 Å². The second-order valence-electron chi connectivity index (χ2n) is 8.71. The maximum absolute atomic E-state index is 12.7. The number of carboxylic acids is 1. The molecule has 3 N–H and O–H groups in total. The van der Waals surface area contributed by atoms with Gasteiger partial charge in [0.2, 0.25) is 11.8 Å². The molecule has 1 unspecified atom stereocenters. The highest BCUT2D eigenvalue weighted by molar-refractivity contribution is 8.00. The van der Waals surface area contributed by atoms with E-state index in [0.717, 1.165) is 25.7 Å². The highest BCUT2D eigenvalue weighted by Gasteiger charge is 2.29. The van der Waals surface area contributed by atoms with Crippen LogP contribution in [-0.2, 0) is 14.4 Å². The lowest BCUT2D eigenvalue weighted by molar-refractivity contribution is -0.141. The van der Waals surface area contributed by atoms with Gasteiger partial charge < -0.3 is 15.7 Å². The summed E-state index contributed by atoms with van der Waals surface area (Å²) in [7, 11) is 0. The smallest absolute Gasteiger partial charge is 0.327 e. The summed E-state index contributed by atoms with van der Waals surface area (Å²) in [5.74, 6) is -1.69. The first-order chi connectivity index (χ1) is 15.5. The van der Waals surface area contributed by atoms with E-state index in [1.807, 2.05) is 27.7 Å². The van der Waals surface area contributed by atoms with Crippen LogP contribution >= 0.6 is 11.8 Å². The molecule has 0 aromatic rings. The van der Waals surface area contributed by atoms with Gasteiger partial charge in [0, 0.05) is 17.9 Å². The minimum absolute atomic E-state index is 0.0960. The van der Waals surface area contributed by atoms with Crippen molar-refractivity contribution in [2.24, 2.45) is 5.92 Å². The van der Waals surface area contributed by atoms with Gasteiger partial charge in [-0.1, -0.05) is 55.7 Å². The monoisotopic (exact) mass is 480 g/mol. The number of hydrogen-bond donors (Lipinski definition) is 3. The average molecular weight is 481 g/mol. The molecule has 188 valence electrons. The summed E-state index contributed by atoms with van der Waals surface area (Å²) in [4.78, 5) is 35.8. The Morgan fingerprint density at radius 2 is 1.64 bits per heavy atom. The summed E-state index contributed by atoms with van der Waals surface area (Å²) in [5.41, 5.74) is 2.67. The maximum Gasteiger partial charge on any atom is 0.327 e. The SMILES string of the molecule is CC=CCC/C(C)=C/CC/C(C)=C/C(C)SC[C@H](NC(=O)[C@@H](NC(C)=O)[C@@H](C)CC)C(=O)O. The van der Waals surface area contributed by atoms with E-state index >= 15 is 0 Å². The summed E-state index contributed by atoms with van der Waals surface area (Å²) < 4.78 is 0. The predicted octanol–water partition coefficient (Wildman–Crippen LogP) is 5.26. The minimum atomic E-state index is -1.08. The van der Waals surface area contributed by atoms with Gasteiger partial charge in [-0.2, -0.15) is 11.8 Å². The molecule has 0 spiro atoms. The van der Waals surface area contributed by atoms with E-state index in [1.54, 1.807) is 0 Å². The van der Waals surface area contributed by atoms with Crippen molar-refractivity contribution in [2.45, 2.75) is 97.9 Å². The number of carbonyl (C=O) groups is 3. The minimum Gasteiger partial charge on any atom is -0.480 e. The Labute approximate surface area is 204 Å². The first-order valence-electron chi connectivity index (χ1n) is 11.9.